The summed E-state index contributed by atoms with van der Waals surface area (Å²) in [5.41, 5.74) is 2.40. The van der Waals surface area contributed by atoms with Crippen molar-refractivity contribution in [3.8, 4) is 0 Å². The van der Waals surface area contributed by atoms with Crippen molar-refractivity contribution in [3.05, 3.63) is 23.8 Å². The predicted molar refractivity (Wildman–Crippen MR) is 65.5 cm³/mol. The highest BCUT2D eigenvalue weighted by Gasteiger charge is 2.32. The highest BCUT2D eigenvalue weighted by molar-refractivity contribution is 7.22. The van der Waals surface area contributed by atoms with E-state index >= 15 is 0 Å². The van der Waals surface area contributed by atoms with Gasteiger partial charge in [0.1, 0.15) is 0 Å². The van der Waals surface area contributed by atoms with E-state index in [9.17, 15) is 0 Å². The molecule has 1 aromatic carbocycles. The van der Waals surface area contributed by atoms with Crippen LogP contribution in [-0.2, 0) is 0 Å². The monoisotopic (exact) mass is 218 g/mol. The molecule has 0 amide bonds. The Morgan fingerprint density at radius 1 is 1.47 bits per heavy atom. The maximum atomic E-state index is 4.60. The first-order valence-corrected chi connectivity index (χ1v) is 6.18. The number of rotatable bonds is 2. The van der Waals surface area contributed by atoms with Gasteiger partial charge in [0.05, 0.1) is 10.2 Å². The molecule has 1 aliphatic carbocycles. The van der Waals surface area contributed by atoms with Crippen molar-refractivity contribution < 1.29 is 0 Å². The van der Waals surface area contributed by atoms with E-state index in [2.05, 4.69) is 42.3 Å². The Labute approximate surface area is 93.3 Å². The van der Waals surface area contributed by atoms with Crippen molar-refractivity contribution in [2.75, 3.05) is 5.32 Å². The Kier molecular flexibility index (Phi) is 1.96. The second-order valence-corrected chi connectivity index (χ2v) is 5.48. The zero-order valence-electron chi connectivity index (χ0n) is 8.95. The minimum absolute atomic E-state index is 0.659. The van der Waals surface area contributed by atoms with Crippen LogP contribution in [0.4, 0.5) is 5.13 Å². The van der Waals surface area contributed by atoms with Crippen LogP contribution in [-0.4, -0.2) is 11.0 Å². The summed E-state index contributed by atoms with van der Waals surface area (Å²) >= 11 is 1.75. The first-order chi connectivity index (χ1) is 7.22. The molecular weight excluding hydrogens is 204 g/mol. The van der Waals surface area contributed by atoms with Crippen molar-refractivity contribution in [2.45, 2.75) is 26.3 Å². The van der Waals surface area contributed by atoms with E-state index in [1.165, 1.54) is 16.7 Å². The van der Waals surface area contributed by atoms with Gasteiger partial charge in [-0.2, -0.15) is 0 Å². The van der Waals surface area contributed by atoms with Gasteiger partial charge in [0, 0.05) is 6.04 Å². The molecule has 0 bridgehead atoms. The lowest BCUT2D eigenvalue weighted by Crippen LogP contribution is -2.02. The maximum Gasteiger partial charge on any atom is 0.184 e. The Morgan fingerprint density at radius 2 is 2.27 bits per heavy atom. The van der Waals surface area contributed by atoms with Crippen LogP contribution in [0.3, 0.4) is 0 Å². The van der Waals surface area contributed by atoms with E-state index in [-0.39, 0.29) is 0 Å². The van der Waals surface area contributed by atoms with Gasteiger partial charge < -0.3 is 5.32 Å². The fourth-order valence-electron chi connectivity index (χ4n) is 1.78. The number of fused-ring (bicyclic) bond motifs is 1. The molecule has 15 heavy (non-hydrogen) atoms. The van der Waals surface area contributed by atoms with Crippen LogP contribution in [0, 0.1) is 12.8 Å². The topological polar surface area (TPSA) is 24.9 Å². The quantitative estimate of drug-likeness (QED) is 0.835. The fourth-order valence-corrected chi connectivity index (χ4v) is 2.69. The SMILES string of the molecule is Cc1ccc2sc(NC3CC3C)nc2c1. The third kappa shape index (κ3) is 1.72. The van der Waals surface area contributed by atoms with Crippen molar-refractivity contribution in [1.82, 2.24) is 4.98 Å². The van der Waals surface area contributed by atoms with Gasteiger partial charge in [-0.3, -0.25) is 0 Å². The van der Waals surface area contributed by atoms with E-state index < -0.39 is 0 Å². The van der Waals surface area contributed by atoms with Crippen molar-refractivity contribution in [1.29, 1.82) is 0 Å². The number of thiazole rings is 1. The van der Waals surface area contributed by atoms with Gasteiger partial charge in [-0.15, -0.1) is 0 Å². The molecule has 1 heterocycles. The van der Waals surface area contributed by atoms with E-state index in [4.69, 9.17) is 0 Å². The third-order valence-corrected chi connectivity index (χ3v) is 3.93. The molecule has 0 saturated heterocycles. The smallest absolute Gasteiger partial charge is 0.184 e. The van der Waals surface area contributed by atoms with Gasteiger partial charge in [0.15, 0.2) is 5.13 Å². The molecule has 3 rings (SSSR count). The summed E-state index contributed by atoms with van der Waals surface area (Å²) in [5, 5.41) is 4.56. The van der Waals surface area contributed by atoms with E-state index in [1.807, 2.05) is 0 Å². The van der Waals surface area contributed by atoms with Crippen LogP contribution in [0.15, 0.2) is 18.2 Å². The number of hydrogen-bond donors (Lipinski definition) is 1. The first kappa shape index (κ1) is 9.16. The number of anilines is 1. The van der Waals surface area contributed by atoms with Crippen LogP contribution in [0.25, 0.3) is 10.2 Å². The molecule has 0 radical (unpaired) electrons. The van der Waals surface area contributed by atoms with Crippen LogP contribution in [0.2, 0.25) is 0 Å². The zero-order chi connectivity index (χ0) is 10.4. The molecule has 78 valence electrons. The Bertz CT molecular complexity index is 503. The van der Waals surface area contributed by atoms with Gasteiger partial charge in [-0.1, -0.05) is 24.3 Å². The fraction of sp³-hybridized carbons (Fsp3) is 0.417. The van der Waals surface area contributed by atoms with Crippen LogP contribution >= 0.6 is 11.3 Å². The summed E-state index contributed by atoms with van der Waals surface area (Å²) in [7, 11) is 0. The van der Waals surface area contributed by atoms with E-state index in [0.29, 0.717) is 6.04 Å². The summed E-state index contributed by atoms with van der Waals surface area (Å²) < 4.78 is 1.27. The average Bonchev–Trinajstić information content (AvgIpc) is 2.75. The number of nitrogens with zero attached hydrogens (tertiary/aromatic N) is 1. The number of hydrogen-bond acceptors (Lipinski definition) is 3. The van der Waals surface area contributed by atoms with Crippen LogP contribution in [0.1, 0.15) is 18.9 Å². The molecule has 1 N–H and O–H groups in total. The number of nitrogens with one attached hydrogen (secondary N) is 1. The molecule has 2 nitrogen and oxygen atoms in total. The molecule has 1 aliphatic rings. The highest BCUT2D eigenvalue weighted by atomic mass is 32.1. The lowest BCUT2D eigenvalue weighted by Gasteiger charge is -1.96. The van der Waals surface area contributed by atoms with Crippen LogP contribution < -0.4 is 5.32 Å². The van der Waals surface area contributed by atoms with Crippen molar-refractivity contribution in [2.24, 2.45) is 5.92 Å². The zero-order valence-corrected chi connectivity index (χ0v) is 9.77. The Morgan fingerprint density at radius 3 is 3.00 bits per heavy atom. The molecule has 0 aliphatic heterocycles. The first-order valence-electron chi connectivity index (χ1n) is 5.36. The highest BCUT2D eigenvalue weighted by Crippen LogP contribution is 2.35. The lowest BCUT2D eigenvalue weighted by molar-refractivity contribution is 0.928. The molecule has 2 atom stereocenters. The summed E-state index contributed by atoms with van der Waals surface area (Å²) in [4.78, 5) is 4.60. The third-order valence-electron chi connectivity index (χ3n) is 2.96. The summed E-state index contributed by atoms with van der Waals surface area (Å²) in [6.45, 7) is 4.38. The lowest BCUT2D eigenvalue weighted by atomic mass is 10.2. The van der Waals surface area contributed by atoms with Gasteiger partial charge >= 0.3 is 0 Å². The van der Waals surface area contributed by atoms with E-state index in [0.717, 1.165) is 16.6 Å². The number of benzene rings is 1. The average molecular weight is 218 g/mol. The van der Waals surface area contributed by atoms with E-state index in [1.54, 1.807) is 11.3 Å². The molecule has 3 heteroatoms. The molecule has 2 aromatic rings. The number of aromatic nitrogens is 1. The second-order valence-electron chi connectivity index (χ2n) is 4.45. The minimum Gasteiger partial charge on any atom is -0.358 e. The van der Waals surface area contributed by atoms with Crippen LogP contribution in [0.5, 0.6) is 0 Å². The van der Waals surface area contributed by atoms with Crippen molar-refractivity contribution in [3.63, 3.8) is 0 Å². The maximum absolute atomic E-state index is 4.60. The predicted octanol–water partition coefficient (Wildman–Crippen LogP) is 3.43. The Balaban J connectivity index is 1.92. The number of aryl methyl sites for hydroxylation is 1. The molecule has 0 spiro atoms. The van der Waals surface area contributed by atoms with Gasteiger partial charge in [-0.05, 0) is 37.0 Å². The largest absolute Gasteiger partial charge is 0.358 e. The molecular formula is C12H14N2S. The summed E-state index contributed by atoms with van der Waals surface area (Å²) in [6.07, 6.45) is 1.29. The molecule has 1 aromatic heterocycles. The van der Waals surface area contributed by atoms with Crippen molar-refractivity contribution >= 4 is 26.7 Å². The molecule has 1 fully saturated rings. The standard InChI is InChI=1S/C12H14N2S/c1-7-3-4-11-10(5-7)14-12(15-11)13-9-6-8(9)2/h3-5,8-9H,6H2,1-2H3,(H,13,14). The molecule has 1 saturated carbocycles. The van der Waals surface area contributed by atoms with Gasteiger partial charge in [-0.25, -0.2) is 4.98 Å². The van der Waals surface area contributed by atoms with Gasteiger partial charge in [0.2, 0.25) is 0 Å². The van der Waals surface area contributed by atoms with Gasteiger partial charge in [0.25, 0.3) is 0 Å². The minimum atomic E-state index is 0.659. The normalized spacial score (nSPS) is 24.4. The second kappa shape index (κ2) is 3.20. The Hall–Kier alpha value is -1.09. The summed E-state index contributed by atoms with van der Waals surface area (Å²) in [6, 6.07) is 7.10. The molecule has 2 unspecified atom stereocenters. The summed E-state index contributed by atoms with van der Waals surface area (Å²) in [5.74, 6) is 0.818.